The van der Waals surface area contributed by atoms with Crippen molar-refractivity contribution in [1.29, 1.82) is 0 Å². The predicted octanol–water partition coefficient (Wildman–Crippen LogP) is 2.54. The average Bonchev–Trinajstić information content (AvgIpc) is 2.45. The normalized spacial score (nSPS) is 10.5. The van der Waals surface area contributed by atoms with Crippen molar-refractivity contribution in [3.05, 3.63) is 55.7 Å². The van der Waals surface area contributed by atoms with Crippen molar-refractivity contribution in [3.8, 4) is 5.69 Å². The number of hydrogen-bond donors (Lipinski definition) is 0. The van der Waals surface area contributed by atoms with Gasteiger partial charge in [0.25, 0.3) is 0 Å². The molecule has 1 heterocycles. The number of carbonyl (C=O) groups is 1. The van der Waals surface area contributed by atoms with Gasteiger partial charge in [0.1, 0.15) is 5.82 Å². The van der Waals surface area contributed by atoms with Gasteiger partial charge in [-0.15, -0.1) is 0 Å². The molecule has 0 aliphatic heterocycles. The molecule has 0 saturated carbocycles. The number of halogens is 2. The van der Waals surface area contributed by atoms with Gasteiger partial charge in [-0.3, -0.25) is 4.79 Å². The summed E-state index contributed by atoms with van der Waals surface area (Å²) in [6.45, 7) is 3.32. The van der Waals surface area contributed by atoms with E-state index in [1.54, 1.807) is 19.9 Å². The van der Waals surface area contributed by atoms with Crippen molar-refractivity contribution < 1.29 is 13.9 Å². The minimum absolute atomic E-state index is 0.313. The molecule has 5 nitrogen and oxygen atoms in total. The van der Waals surface area contributed by atoms with Crippen molar-refractivity contribution in [3.63, 3.8) is 0 Å². The Labute approximate surface area is 128 Å². The molecule has 2 rings (SSSR count). The Kier molecular flexibility index (Phi) is 4.22. The molecule has 2 aromatic rings. The summed E-state index contributed by atoms with van der Waals surface area (Å²) in [5.41, 5.74) is 0.639. The fourth-order valence-corrected chi connectivity index (χ4v) is 2.30. The van der Waals surface area contributed by atoms with Crippen LogP contribution in [0.1, 0.15) is 21.6 Å². The first kappa shape index (κ1) is 15.4. The monoisotopic (exact) mass is 354 g/mol. The maximum absolute atomic E-state index is 13.7. The number of aryl methyl sites for hydroxylation is 2. The maximum Gasteiger partial charge on any atom is 0.362 e. The number of esters is 1. The number of methoxy groups -OCH3 is 1. The van der Waals surface area contributed by atoms with E-state index in [9.17, 15) is 14.0 Å². The van der Waals surface area contributed by atoms with E-state index < -0.39 is 17.2 Å². The van der Waals surface area contributed by atoms with E-state index in [2.05, 4.69) is 25.8 Å². The Morgan fingerprint density at radius 1 is 1.33 bits per heavy atom. The van der Waals surface area contributed by atoms with Gasteiger partial charge < -0.3 is 4.74 Å². The van der Waals surface area contributed by atoms with Crippen molar-refractivity contribution in [2.75, 3.05) is 7.11 Å². The van der Waals surface area contributed by atoms with E-state index in [0.29, 0.717) is 15.7 Å². The summed E-state index contributed by atoms with van der Waals surface area (Å²) in [5, 5.41) is 3.95. The number of ether oxygens (including phenoxy) is 1. The molecular weight excluding hydrogens is 343 g/mol. The topological polar surface area (TPSA) is 61.2 Å². The second kappa shape index (κ2) is 5.77. The van der Waals surface area contributed by atoms with Crippen LogP contribution in [-0.2, 0) is 4.74 Å². The molecule has 0 amide bonds. The third kappa shape index (κ3) is 2.87. The van der Waals surface area contributed by atoms with Crippen molar-refractivity contribution in [2.45, 2.75) is 13.8 Å². The van der Waals surface area contributed by atoms with Gasteiger partial charge in [0, 0.05) is 17.8 Å². The van der Waals surface area contributed by atoms with Gasteiger partial charge in [0.2, 0.25) is 11.1 Å². The van der Waals surface area contributed by atoms with Crippen molar-refractivity contribution in [1.82, 2.24) is 9.78 Å². The summed E-state index contributed by atoms with van der Waals surface area (Å²) in [5.74, 6) is -1.29. The highest BCUT2D eigenvalue weighted by atomic mass is 79.9. The lowest BCUT2D eigenvalue weighted by Crippen LogP contribution is -2.24. The minimum atomic E-state index is -0.826. The maximum atomic E-state index is 13.7. The molecule has 0 N–H and O–H groups in total. The zero-order chi connectivity index (χ0) is 15.7. The van der Waals surface area contributed by atoms with Gasteiger partial charge in [-0.25, -0.2) is 13.9 Å². The Morgan fingerprint density at radius 3 is 2.62 bits per heavy atom. The van der Waals surface area contributed by atoms with Crippen LogP contribution in [0.25, 0.3) is 5.69 Å². The first-order valence-electron chi connectivity index (χ1n) is 6.00. The molecule has 1 aromatic heterocycles. The van der Waals surface area contributed by atoms with Crippen LogP contribution in [0.2, 0.25) is 0 Å². The van der Waals surface area contributed by atoms with Crippen LogP contribution in [0.3, 0.4) is 0 Å². The lowest BCUT2D eigenvalue weighted by Gasteiger charge is -2.12. The molecule has 0 unspecified atom stereocenters. The molecule has 21 heavy (non-hydrogen) atoms. The van der Waals surface area contributed by atoms with Crippen LogP contribution < -0.4 is 5.43 Å². The smallest absolute Gasteiger partial charge is 0.362 e. The SMILES string of the molecule is COC(=O)c1nn(-c2cc(F)c(Br)cc2C)cc(C)c1=O. The van der Waals surface area contributed by atoms with Gasteiger partial charge in [-0.2, -0.15) is 5.10 Å². The van der Waals surface area contributed by atoms with E-state index in [0.717, 1.165) is 5.56 Å². The molecule has 110 valence electrons. The van der Waals surface area contributed by atoms with Crippen LogP contribution in [0.15, 0.2) is 27.6 Å². The molecule has 0 aliphatic carbocycles. The predicted molar refractivity (Wildman–Crippen MR) is 78.3 cm³/mol. The largest absolute Gasteiger partial charge is 0.464 e. The fourth-order valence-electron chi connectivity index (χ4n) is 1.85. The molecular formula is C14H12BrFN2O3. The average molecular weight is 355 g/mol. The second-order valence-corrected chi connectivity index (χ2v) is 5.33. The van der Waals surface area contributed by atoms with Crippen molar-refractivity contribution >= 4 is 21.9 Å². The van der Waals surface area contributed by atoms with Gasteiger partial charge in [0.15, 0.2) is 0 Å². The highest BCUT2D eigenvalue weighted by Gasteiger charge is 2.17. The molecule has 0 bridgehead atoms. The van der Waals surface area contributed by atoms with E-state index in [4.69, 9.17) is 0 Å². The highest BCUT2D eigenvalue weighted by molar-refractivity contribution is 9.10. The summed E-state index contributed by atoms with van der Waals surface area (Å²) in [4.78, 5) is 23.5. The minimum Gasteiger partial charge on any atom is -0.464 e. The Morgan fingerprint density at radius 2 is 2.00 bits per heavy atom. The third-order valence-electron chi connectivity index (χ3n) is 2.96. The Balaban J connectivity index is 2.71. The lowest BCUT2D eigenvalue weighted by molar-refractivity contribution is 0.0590. The molecule has 1 aromatic carbocycles. The summed E-state index contributed by atoms with van der Waals surface area (Å²) in [7, 11) is 1.17. The second-order valence-electron chi connectivity index (χ2n) is 4.48. The van der Waals surface area contributed by atoms with Gasteiger partial charge >= 0.3 is 5.97 Å². The highest BCUT2D eigenvalue weighted by Crippen LogP contribution is 2.22. The first-order valence-corrected chi connectivity index (χ1v) is 6.79. The Hall–Kier alpha value is -2.02. The molecule has 0 radical (unpaired) electrons. The first-order chi connectivity index (χ1) is 9.85. The summed E-state index contributed by atoms with van der Waals surface area (Å²) in [6.07, 6.45) is 1.45. The van der Waals surface area contributed by atoms with Gasteiger partial charge in [-0.05, 0) is 41.4 Å². The van der Waals surface area contributed by atoms with Gasteiger partial charge in [-0.1, -0.05) is 0 Å². The number of carbonyl (C=O) groups excluding carboxylic acids is 1. The molecule has 7 heteroatoms. The summed E-state index contributed by atoms with van der Waals surface area (Å²) >= 11 is 3.10. The Bertz CT molecular complexity index is 787. The molecule has 0 spiro atoms. The lowest BCUT2D eigenvalue weighted by atomic mass is 10.2. The van der Waals surface area contributed by atoms with Crippen LogP contribution in [0.5, 0.6) is 0 Å². The number of rotatable bonds is 2. The molecule has 0 aliphatic rings. The van der Waals surface area contributed by atoms with Crippen LogP contribution in [0.4, 0.5) is 4.39 Å². The molecule has 0 atom stereocenters. The summed E-state index contributed by atoms with van der Waals surface area (Å²) < 4.78 is 19.9. The number of nitrogens with zero attached hydrogens (tertiary/aromatic N) is 2. The van der Waals surface area contributed by atoms with E-state index in [1.807, 2.05) is 0 Å². The fraction of sp³-hybridized carbons (Fsp3) is 0.214. The number of benzene rings is 1. The standard InChI is InChI=1S/C14H12BrFN2O3/c1-7-4-9(15)10(16)5-11(7)18-6-8(2)13(19)12(17-18)14(20)21-3/h4-6H,1-3H3. The summed E-state index contributed by atoms with van der Waals surface area (Å²) in [6, 6.07) is 2.87. The van der Waals surface area contributed by atoms with Crippen LogP contribution in [0, 0.1) is 19.7 Å². The van der Waals surface area contributed by atoms with Crippen molar-refractivity contribution in [2.24, 2.45) is 0 Å². The van der Waals surface area contributed by atoms with Crippen LogP contribution in [-0.4, -0.2) is 22.9 Å². The quantitative estimate of drug-likeness (QED) is 0.777. The van der Waals surface area contributed by atoms with E-state index in [-0.39, 0.29) is 5.69 Å². The third-order valence-corrected chi connectivity index (χ3v) is 3.57. The van der Waals surface area contributed by atoms with Crippen LogP contribution >= 0.6 is 15.9 Å². The zero-order valence-electron chi connectivity index (χ0n) is 11.6. The van der Waals surface area contributed by atoms with Gasteiger partial charge in [0.05, 0.1) is 17.3 Å². The molecule has 0 saturated heterocycles. The number of aromatic nitrogens is 2. The molecule has 0 fully saturated rings. The number of hydrogen-bond acceptors (Lipinski definition) is 4. The zero-order valence-corrected chi connectivity index (χ0v) is 13.2. The van der Waals surface area contributed by atoms with E-state index >= 15 is 0 Å². The van der Waals surface area contributed by atoms with E-state index in [1.165, 1.54) is 24.1 Å².